The number of phenols is 1. The van der Waals surface area contributed by atoms with Crippen LogP contribution in [0, 0.1) is 0 Å². The number of nitrogens with zero attached hydrogens (tertiary/aromatic N) is 2. The van der Waals surface area contributed by atoms with E-state index in [9.17, 15) is 24.3 Å². The first kappa shape index (κ1) is 26.1. The van der Waals surface area contributed by atoms with Crippen LogP contribution < -0.4 is 11.1 Å². The molecule has 9 heteroatoms. The number of ketones is 1. The minimum atomic E-state index is -0.964. The van der Waals surface area contributed by atoms with Crippen LogP contribution >= 0.6 is 0 Å². The molecule has 3 aromatic carbocycles. The van der Waals surface area contributed by atoms with E-state index < -0.39 is 24.0 Å². The van der Waals surface area contributed by atoms with Gasteiger partial charge in [-0.1, -0.05) is 42.5 Å². The lowest BCUT2D eigenvalue weighted by molar-refractivity contribution is -0.138. The first-order valence-electron chi connectivity index (χ1n) is 12.9. The third-order valence-electron chi connectivity index (χ3n) is 7.39. The molecule has 0 spiro atoms. The van der Waals surface area contributed by atoms with Crippen LogP contribution in [0.25, 0.3) is 0 Å². The molecule has 3 aromatic rings. The lowest BCUT2D eigenvalue weighted by Crippen LogP contribution is -2.53. The van der Waals surface area contributed by atoms with Crippen LogP contribution in [-0.2, 0) is 22.6 Å². The largest absolute Gasteiger partial charge is 0.508 e. The molecular formula is C30H30N4O5. The maximum Gasteiger partial charge on any atom is 0.254 e. The number of carbonyl (C=O) groups is 4. The van der Waals surface area contributed by atoms with E-state index in [0.29, 0.717) is 24.1 Å². The van der Waals surface area contributed by atoms with Gasteiger partial charge in [0.25, 0.3) is 11.8 Å². The number of phenolic OH excluding ortho intramolecular Hbond substituents is 1. The Kier molecular flexibility index (Phi) is 7.42. The summed E-state index contributed by atoms with van der Waals surface area (Å²) in [5, 5.41) is 12.5. The van der Waals surface area contributed by atoms with E-state index in [1.54, 1.807) is 59.5 Å². The van der Waals surface area contributed by atoms with Gasteiger partial charge in [-0.25, -0.2) is 0 Å². The van der Waals surface area contributed by atoms with E-state index in [0.717, 1.165) is 11.1 Å². The number of likely N-dealkylation sites (tertiary alicyclic amines) is 2. The first-order valence-corrected chi connectivity index (χ1v) is 12.9. The molecule has 2 heterocycles. The number of aromatic hydroxyl groups is 1. The number of nitrogens with one attached hydrogen (secondary N) is 1. The second-order valence-electron chi connectivity index (χ2n) is 9.90. The van der Waals surface area contributed by atoms with Crippen LogP contribution in [0.1, 0.15) is 38.3 Å². The molecule has 39 heavy (non-hydrogen) atoms. The van der Waals surface area contributed by atoms with Gasteiger partial charge < -0.3 is 26.0 Å². The van der Waals surface area contributed by atoms with E-state index in [1.165, 1.54) is 17.0 Å². The highest BCUT2D eigenvalue weighted by molar-refractivity contribution is 6.03. The number of hydrogen-bond donors (Lipinski definition) is 3. The van der Waals surface area contributed by atoms with E-state index in [2.05, 4.69) is 5.32 Å². The number of benzene rings is 3. The van der Waals surface area contributed by atoms with Gasteiger partial charge in [0.15, 0.2) is 5.78 Å². The number of nitrogens with two attached hydrogens (primary N) is 1. The molecule has 9 nitrogen and oxygen atoms in total. The second-order valence-corrected chi connectivity index (χ2v) is 9.90. The third kappa shape index (κ3) is 5.39. The van der Waals surface area contributed by atoms with Crippen molar-refractivity contribution in [3.63, 3.8) is 0 Å². The Morgan fingerprint density at radius 2 is 1.64 bits per heavy atom. The lowest BCUT2D eigenvalue weighted by atomic mass is 10.0. The molecule has 5 rings (SSSR count). The van der Waals surface area contributed by atoms with Gasteiger partial charge in [-0.3, -0.25) is 19.2 Å². The van der Waals surface area contributed by atoms with Crippen molar-refractivity contribution in [2.75, 3.05) is 13.1 Å². The zero-order chi connectivity index (χ0) is 27.5. The first-order chi connectivity index (χ1) is 18.9. The fourth-order valence-corrected chi connectivity index (χ4v) is 5.43. The standard InChI is InChI=1S/C30H30N4O5/c31-17-20-5-4-8-22(15-20)28(37)32-24(16-19-9-11-23(35)12-10-19)30(39)33-14-13-25-27(33)26(36)18-34(25)29(38)21-6-2-1-3-7-21/h1-12,15,24-25,27,35H,13-14,16-18,31H2,(H,32,37)/t24-,25?,27?/m0/s1. The summed E-state index contributed by atoms with van der Waals surface area (Å²) in [6.07, 6.45) is 0.634. The van der Waals surface area contributed by atoms with Crippen molar-refractivity contribution in [3.8, 4) is 5.75 Å². The Balaban J connectivity index is 1.38. The summed E-state index contributed by atoms with van der Waals surface area (Å²) in [4.78, 5) is 56.5. The smallest absolute Gasteiger partial charge is 0.254 e. The van der Waals surface area contributed by atoms with Crippen LogP contribution in [0.2, 0.25) is 0 Å². The van der Waals surface area contributed by atoms with E-state index >= 15 is 0 Å². The lowest BCUT2D eigenvalue weighted by Gasteiger charge is -2.28. The summed E-state index contributed by atoms with van der Waals surface area (Å²) >= 11 is 0. The number of carbonyl (C=O) groups excluding carboxylic acids is 4. The molecule has 3 amide bonds. The molecule has 0 aliphatic carbocycles. The minimum Gasteiger partial charge on any atom is -0.508 e. The van der Waals surface area contributed by atoms with Crippen LogP contribution in [0.4, 0.5) is 0 Å². The average Bonchev–Trinajstić information content (AvgIpc) is 3.54. The van der Waals surface area contributed by atoms with Gasteiger partial charge in [0.1, 0.15) is 17.8 Å². The van der Waals surface area contributed by atoms with Crippen molar-refractivity contribution in [1.29, 1.82) is 0 Å². The molecule has 2 saturated heterocycles. The Morgan fingerprint density at radius 1 is 0.923 bits per heavy atom. The number of hydrogen-bond acceptors (Lipinski definition) is 6. The zero-order valence-corrected chi connectivity index (χ0v) is 21.3. The van der Waals surface area contributed by atoms with Gasteiger partial charge in [-0.2, -0.15) is 0 Å². The second kappa shape index (κ2) is 11.1. The van der Waals surface area contributed by atoms with E-state index in [-0.39, 0.29) is 42.9 Å². The maximum absolute atomic E-state index is 13.9. The molecule has 0 aromatic heterocycles. The van der Waals surface area contributed by atoms with Crippen LogP contribution in [-0.4, -0.2) is 69.6 Å². The number of Topliss-reactive ketones (excluding diaryl/α,β-unsaturated/α-hetero) is 1. The maximum atomic E-state index is 13.9. The topological polar surface area (TPSA) is 133 Å². The quantitative estimate of drug-likeness (QED) is 0.431. The highest BCUT2D eigenvalue weighted by atomic mass is 16.3. The van der Waals surface area contributed by atoms with Crippen molar-refractivity contribution in [2.45, 2.75) is 37.5 Å². The van der Waals surface area contributed by atoms with Gasteiger partial charge in [0.2, 0.25) is 5.91 Å². The van der Waals surface area contributed by atoms with Crippen molar-refractivity contribution >= 4 is 23.5 Å². The SMILES string of the molecule is NCc1cccc(C(=O)N[C@@H](Cc2ccc(O)cc2)C(=O)N2CCC3C2C(=O)CN3C(=O)c2ccccc2)c1. The Bertz CT molecular complexity index is 1390. The molecule has 2 aliphatic heterocycles. The van der Waals surface area contributed by atoms with Crippen LogP contribution in [0.3, 0.4) is 0 Å². The van der Waals surface area contributed by atoms with Gasteiger partial charge in [-0.15, -0.1) is 0 Å². The summed E-state index contributed by atoms with van der Waals surface area (Å²) in [5.41, 5.74) is 8.11. The van der Waals surface area contributed by atoms with E-state index in [1.807, 2.05) is 12.1 Å². The van der Waals surface area contributed by atoms with E-state index in [4.69, 9.17) is 5.73 Å². The summed E-state index contributed by atoms with van der Waals surface area (Å²) in [5.74, 6) is -1.16. The van der Waals surface area contributed by atoms with Crippen molar-refractivity contribution in [1.82, 2.24) is 15.1 Å². The monoisotopic (exact) mass is 526 g/mol. The fourth-order valence-electron chi connectivity index (χ4n) is 5.43. The highest BCUT2D eigenvalue weighted by Crippen LogP contribution is 2.31. The number of amides is 3. The molecule has 4 N–H and O–H groups in total. The average molecular weight is 527 g/mol. The number of fused-ring (bicyclic) bond motifs is 1. The van der Waals surface area contributed by atoms with Gasteiger partial charge in [0.05, 0.1) is 12.6 Å². The molecule has 3 atom stereocenters. The molecular weight excluding hydrogens is 496 g/mol. The third-order valence-corrected chi connectivity index (χ3v) is 7.39. The molecule has 0 radical (unpaired) electrons. The highest BCUT2D eigenvalue weighted by Gasteiger charge is 2.52. The molecule has 0 saturated carbocycles. The van der Waals surface area contributed by atoms with Crippen molar-refractivity contribution in [2.24, 2.45) is 5.73 Å². The van der Waals surface area contributed by atoms with Gasteiger partial charge in [0, 0.05) is 30.6 Å². The Labute approximate surface area is 226 Å². The number of rotatable bonds is 7. The van der Waals surface area contributed by atoms with Gasteiger partial charge >= 0.3 is 0 Å². The molecule has 2 aliphatic rings. The normalized spacial score (nSPS) is 19.1. The summed E-state index contributed by atoms with van der Waals surface area (Å²) in [6.45, 7) is 0.505. The predicted molar refractivity (Wildman–Crippen MR) is 144 cm³/mol. The van der Waals surface area contributed by atoms with Gasteiger partial charge in [-0.05, 0) is 53.9 Å². The van der Waals surface area contributed by atoms with Crippen molar-refractivity contribution in [3.05, 3.63) is 101 Å². The van der Waals surface area contributed by atoms with Crippen LogP contribution in [0.5, 0.6) is 5.75 Å². The Hall–Kier alpha value is -4.50. The molecule has 0 bridgehead atoms. The zero-order valence-electron chi connectivity index (χ0n) is 21.3. The Morgan fingerprint density at radius 3 is 2.36 bits per heavy atom. The minimum absolute atomic E-state index is 0.0618. The predicted octanol–water partition coefficient (Wildman–Crippen LogP) is 1.89. The fraction of sp³-hybridized carbons (Fsp3) is 0.267. The van der Waals surface area contributed by atoms with Crippen LogP contribution in [0.15, 0.2) is 78.9 Å². The summed E-state index contributed by atoms with van der Waals surface area (Å²) in [7, 11) is 0. The summed E-state index contributed by atoms with van der Waals surface area (Å²) < 4.78 is 0. The molecule has 2 unspecified atom stereocenters. The van der Waals surface area contributed by atoms with Crippen molar-refractivity contribution < 1.29 is 24.3 Å². The summed E-state index contributed by atoms with van der Waals surface area (Å²) in [6, 6.07) is 19.9. The molecule has 200 valence electrons. The molecule has 2 fully saturated rings.